The summed E-state index contributed by atoms with van der Waals surface area (Å²) >= 11 is 0. The van der Waals surface area contributed by atoms with Crippen molar-refractivity contribution in [3.05, 3.63) is 65.0 Å². The van der Waals surface area contributed by atoms with Gasteiger partial charge in [-0.15, -0.1) is 0 Å². The summed E-state index contributed by atoms with van der Waals surface area (Å²) in [5.74, 6) is 0.857. The zero-order valence-corrected chi connectivity index (χ0v) is 16.0. The van der Waals surface area contributed by atoms with Gasteiger partial charge >= 0.3 is 0 Å². The van der Waals surface area contributed by atoms with Crippen LogP contribution in [0, 0.1) is 0 Å². The Hall–Kier alpha value is -3.55. The number of hydrogen-bond donors (Lipinski definition) is 0. The summed E-state index contributed by atoms with van der Waals surface area (Å²) in [5, 5.41) is 5.40. The Kier molecular flexibility index (Phi) is 4.31. The molecule has 4 aromatic rings. The third-order valence-electron chi connectivity index (χ3n) is 5.45. The maximum atomic E-state index is 12.6. The minimum Gasteiger partial charge on any atom is -0.356 e. The maximum Gasteiger partial charge on any atom is 0.255 e. The normalized spacial score (nSPS) is 17.0. The molecule has 1 fully saturated rings. The largest absolute Gasteiger partial charge is 0.356 e. The molecule has 4 heterocycles. The fraction of sp³-hybridized carbons (Fsp3) is 0.286. The molecule has 146 valence electrons. The number of aromatic nitrogens is 5. The molecule has 0 spiro atoms. The van der Waals surface area contributed by atoms with Gasteiger partial charge in [-0.05, 0) is 31.0 Å². The fourth-order valence-electron chi connectivity index (χ4n) is 3.97. The first-order valence-corrected chi connectivity index (χ1v) is 9.64. The Morgan fingerprint density at radius 3 is 2.93 bits per heavy atom. The van der Waals surface area contributed by atoms with E-state index in [0.29, 0.717) is 17.3 Å². The summed E-state index contributed by atoms with van der Waals surface area (Å²) in [6.07, 6.45) is 5.11. The van der Waals surface area contributed by atoms with E-state index < -0.39 is 0 Å². The molecule has 0 radical (unpaired) electrons. The number of fused-ring (bicyclic) bond motifs is 1. The van der Waals surface area contributed by atoms with Crippen molar-refractivity contribution in [3.63, 3.8) is 0 Å². The van der Waals surface area contributed by atoms with E-state index in [0.717, 1.165) is 42.6 Å². The van der Waals surface area contributed by atoms with Crippen LogP contribution in [0.2, 0.25) is 0 Å². The van der Waals surface area contributed by atoms with Gasteiger partial charge in [0.1, 0.15) is 6.33 Å². The van der Waals surface area contributed by atoms with Crippen molar-refractivity contribution < 1.29 is 4.52 Å². The molecule has 1 aliphatic rings. The zero-order chi connectivity index (χ0) is 19.8. The van der Waals surface area contributed by atoms with Crippen LogP contribution in [0.25, 0.3) is 22.4 Å². The molecule has 8 nitrogen and oxygen atoms in total. The number of para-hydroxylation sites is 1. The van der Waals surface area contributed by atoms with Crippen LogP contribution in [0.4, 0.5) is 5.95 Å². The SMILES string of the molecule is Cn1c(N2CCC[C@@H](c3noc4ccccc34)C2)nc(-c2ccncn2)cc1=O. The lowest BCUT2D eigenvalue weighted by Crippen LogP contribution is -2.38. The fourth-order valence-corrected chi connectivity index (χ4v) is 3.97. The molecule has 0 aliphatic carbocycles. The highest BCUT2D eigenvalue weighted by atomic mass is 16.5. The van der Waals surface area contributed by atoms with Crippen LogP contribution in [0.15, 0.2) is 58.2 Å². The molecule has 0 amide bonds. The number of rotatable bonds is 3. The second-order valence-corrected chi connectivity index (χ2v) is 7.28. The number of nitrogens with zero attached hydrogens (tertiary/aromatic N) is 6. The molecule has 1 aromatic carbocycles. The molecule has 1 aliphatic heterocycles. The van der Waals surface area contributed by atoms with Gasteiger partial charge in [0.15, 0.2) is 5.58 Å². The average molecular weight is 388 g/mol. The van der Waals surface area contributed by atoms with Crippen LogP contribution >= 0.6 is 0 Å². The van der Waals surface area contributed by atoms with Gasteiger partial charge in [-0.2, -0.15) is 0 Å². The first-order chi connectivity index (χ1) is 14.2. The minimum atomic E-state index is -0.113. The predicted octanol–water partition coefficient (Wildman–Crippen LogP) is 2.76. The molecule has 1 saturated heterocycles. The molecule has 1 atom stereocenters. The number of anilines is 1. The smallest absolute Gasteiger partial charge is 0.255 e. The highest BCUT2D eigenvalue weighted by molar-refractivity contribution is 5.79. The molecular formula is C21H20N6O2. The van der Waals surface area contributed by atoms with Gasteiger partial charge in [0, 0.05) is 43.7 Å². The van der Waals surface area contributed by atoms with E-state index >= 15 is 0 Å². The molecule has 29 heavy (non-hydrogen) atoms. The second-order valence-electron chi connectivity index (χ2n) is 7.28. The van der Waals surface area contributed by atoms with Crippen molar-refractivity contribution in [1.29, 1.82) is 0 Å². The van der Waals surface area contributed by atoms with Crippen molar-refractivity contribution in [2.75, 3.05) is 18.0 Å². The lowest BCUT2D eigenvalue weighted by molar-refractivity contribution is 0.417. The highest BCUT2D eigenvalue weighted by Gasteiger charge is 2.28. The molecule has 0 bridgehead atoms. The Morgan fingerprint density at radius 1 is 1.17 bits per heavy atom. The lowest BCUT2D eigenvalue weighted by atomic mass is 9.93. The van der Waals surface area contributed by atoms with Gasteiger partial charge in [0.2, 0.25) is 5.95 Å². The molecule has 8 heteroatoms. The predicted molar refractivity (Wildman–Crippen MR) is 109 cm³/mol. The van der Waals surface area contributed by atoms with Gasteiger partial charge in [-0.3, -0.25) is 9.36 Å². The topological polar surface area (TPSA) is 89.9 Å². The van der Waals surface area contributed by atoms with Gasteiger partial charge in [0.25, 0.3) is 5.56 Å². The van der Waals surface area contributed by atoms with E-state index in [-0.39, 0.29) is 11.5 Å². The first kappa shape index (κ1) is 17.5. The third-order valence-corrected chi connectivity index (χ3v) is 5.45. The van der Waals surface area contributed by atoms with Crippen LogP contribution < -0.4 is 10.5 Å². The molecule has 0 N–H and O–H groups in total. The van der Waals surface area contributed by atoms with Crippen molar-refractivity contribution in [3.8, 4) is 11.4 Å². The number of piperidine rings is 1. The van der Waals surface area contributed by atoms with Crippen LogP contribution in [0.1, 0.15) is 24.5 Å². The van der Waals surface area contributed by atoms with Crippen molar-refractivity contribution in [1.82, 2.24) is 24.7 Å². The van der Waals surface area contributed by atoms with E-state index in [1.54, 1.807) is 23.9 Å². The molecular weight excluding hydrogens is 368 g/mol. The van der Waals surface area contributed by atoms with Gasteiger partial charge in [-0.1, -0.05) is 17.3 Å². The number of hydrogen-bond acceptors (Lipinski definition) is 7. The Bertz CT molecular complexity index is 1220. The quantitative estimate of drug-likeness (QED) is 0.533. The Morgan fingerprint density at radius 2 is 2.07 bits per heavy atom. The highest BCUT2D eigenvalue weighted by Crippen LogP contribution is 2.33. The summed E-state index contributed by atoms with van der Waals surface area (Å²) in [6.45, 7) is 1.56. The van der Waals surface area contributed by atoms with Crippen molar-refractivity contribution in [2.45, 2.75) is 18.8 Å². The van der Waals surface area contributed by atoms with Crippen LogP contribution in [0.3, 0.4) is 0 Å². The Balaban J connectivity index is 1.51. The minimum absolute atomic E-state index is 0.113. The van der Waals surface area contributed by atoms with E-state index in [9.17, 15) is 4.79 Å². The summed E-state index contributed by atoms with van der Waals surface area (Å²) < 4.78 is 7.10. The summed E-state index contributed by atoms with van der Waals surface area (Å²) in [7, 11) is 1.75. The van der Waals surface area contributed by atoms with Crippen LogP contribution in [-0.4, -0.2) is 37.8 Å². The second kappa shape index (κ2) is 7.12. The van der Waals surface area contributed by atoms with Crippen LogP contribution in [-0.2, 0) is 7.05 Å². The van der Waals surface area contributed by atoms with E-state index in [4.69, 9.17) is 9.51 Å². The van der Waals surface area contributed by atoms with Crippen molar-refractivity contribution >= 4 is 16.9 Å². The lowest BCUT2D eigenvalue weighted by Gasteiger charge is -2.33. The summed E-state index contributed by atoms with van der Waals surface area (Å²) in [4.78, 5) is 27.7. The van der Waals surface area contributed by atoms with E-state index in [1.165, 1.54) is 12.4 Å². The third kappa shape index (κ3) is 3.16. The van der Waals surface area contributed by atoms with E-state index in [2.05, 4.69) is 20.0 Å². The Labute approximate surface area is 166 Å². The molecule has 0 unspecified atom stereocenters. The molecule has 3 aromatic heterocycles. The maximum absolute atomic E-state index is 12.6. The summed E-state index contributed by atoms with van der Waals surface area (Å²) in [5.41, 5.74) is 2.85. The van der Waals surface area contributed by atoms with Gasteiger partial charge in [0.05, 0.1) is 17.1 Å². The average Bonchev–Trinajstić information content (AvgIpc) is 3.20. The first-order valence-electron chi connectivity index (χ1n) is 9.64. The molecule has 0 saturated carbocycles. The number of benzene rings is 1. The van der Waals surface area contributed by atoms with Gasteiger partial charge < -0.3 is 9.42 Å². The summed E-state index contributed by atoms with van der Waals surface area (Å²) in [6, 6.07) is 11.2. The molecule has 5 rings (SSSR count). The monoisotopic (exact) mass is 388 g/mol. The van der Waals surface area contributed by atoms with Crippen molar-refractivity contribution in [2.24, 2.45) is 7.05 Å². The van der Waals surface area contributed by atoms with Crippen LogP contribution in [0.5, 0.6) is 0 Å². The van der Waals surface area contributed by atoms with Gasteiger partial charge in [-0.25, -0.2) is 15.0 Å². The van der Waals surface area contributed by atoms with E-state index in [1.807, 2.05) is 24.3 Å². The standard InChI is InChI=1S/C21H20N6O2/c1-26-19(28)11-17(16-8-9-22-13-23-16)24-21(26)27-10-4-5-14(12-27)20-15-6-2-3-7-18(15)29-25-20/h2-3,6-9,11,13-14H,4-5,10,12H2,1H3/t14-/m1/s1. The zero-order valence-electron chi connectivity index (χ0n) is 16.0.